The quantitative estimate of drug-likeness (QED) is 0.717. The fourth-order valence-electron chi connectivity index (χ4n) is 2.00. The first-order valence-corrected chi connectivity index (χ1v) is 6.92. The molecule has 0 aromatic carbocycles. The van der Waals surface area contributed by atoms with Gasteiger partial charge in [-0.25, -0.2) is 4.98 Å². The molecule has 0 aliphatic carbocycles. The molecule has 2 rings (SSSR count). The van der Waals surface area contributed by atoms with Crippen LogP contribution in [0, 0.1) is 0 Å². The molecule has 1 aromatic heterocycles. The van der Waals surface area contributed by atoms with Crippen LogP contribution >= 0.6 is 0 Å². The molecule has 1 fully saturated rings. The molecule has 1 N–H and O–H groups in total. The van der Waals surface area contributed by atoms with Gasteiger partial charge in [-0.05, 0) is 13.3 Å². The largest absolute Gasteiger partial charge is 0.382 e. The average Bonchev–Trinajstić information content (AvgIpc) is 2.87. The topological polar surface area (TPSA) is 57.5 Å². The highest BCUT2D eigenvalue weighted by Gasteiger charge is 2.16. The van der Waals surface area contributed by atoms with Crippen LogP contribution in [0.3, 0.4) is 0 Å². The second-order valence-electron chi connectivity index (χ2n) is 4.45. The van der Waals surface area contributed by atoms with Crippen molar-refractivity contribution in [3.05, 3.63) is 12.4 Å². The van der Waals surface area contributed by atoms with Crippen molar-refractivity contribution in [3.8, 4) is 0 Å². The molecule has 1 saturated heterocycles. The van der Waals surface area contributed by atoms with E-state index < -0.39 is 0 Å². The van der Waals surface area contributed by atoms with Crippen molar-refractivity contribution in [2.75, 3.05) is 44.9 Å². The number of imidazole rings is 1. The maximum atomic E-state index is 5.64. The van der Waals surface area contributed by atoms with Crippen molar-refractivity contribution >= 4 is 5.95 Å². The van der Waals surface area contributed by atoms with Crippen LogP contribution in [0.1, 0.15) is 13.3 Å². The van der Waals surface area contributed by atoms with Crippen LogP contribution in [0.25, 0.3) is 0 Å². The smallest absolute Gasteiger partial charge is 0.202 e. The predicted octanol–water partition coefficient (Wildman–Crippen LogP) is 1.14. The van der Waals surface area contributed by atoms with Crippen LogP contribution in [-0.2, 0) is 20.8 Å². The molecule has 0 saturated carbocycles. The molecule has 1 aliphatic heterocycles. The maximum absolute atomic E-state index is 5.64. The molecule has 2 heterocycles. The molecule has 1 atom stereocenters. The van der Waals surface area contributed by atoms with E-state index in [1.165, 1.54) is 0 Å². The Morgan fingerprint density at radius 3 is 3.26 bits per heavy atom. The Kier molecular flexibility index (Phi) is 6.13. The lowest BCUT2D eigenvalue weighted by atomic mass is 10.3. The Morgan fingerprint density at radius 2 is 2.47 bits per heavy atom. The van der Waals surface area contributed by atoms with E-state index >= 15 is 0 Å². The van der Waals surface area contributed by atoms with Gasteiger partial charge in [0.2, 0.25) is 5.95 Å². The third-order valence-corrected chi connectivity index (χ3v) is 2.95. The van der Waals surface area contributed by atoms with E-state index in [1.807, 2.05) is 13.1 Å². The summed E-state index contributed by atoms with van der Waals surface area (Å²) in [5, 5.41) is 3.32. The van der Waals surface area contributed by atoms with Crippen molar-refractivity contribution in [1.29, 1.82) is 0 Å². The number of rotatable bonds is 8. The van der Waals surface area contributed by atoms with E-state index in [0.717, 1.165) is 38.7 Å². The summed E-state index contributed by atoms with van der Waals surface area (Å²) in [6, 6.07) is 0. The summed E-state index contributed by atoms with van der Waals surface area (Å²) in [6.45, 7) is 7.22. The Morgan fingerprint density at radius 1 is 1.53 bits per heavy atom. The summed E-state index contributed by atoms with van der Waals surface area (Å²) in [7, 11) is 0. The van der Waals surface area contributed by atoms with Gasteiger partial charge in [0, 0.05) is 32.2 Å². The maximum Gasteiger partial charge on any atom is 0.202 e. The standard InChI is InChI=1S/C13H23N3O3/c1-2-17-7-3-4-14-13-15-5-6-16(13)10-12-11-18-8-9-19-12/h5-6,12H,2-4,7-11H2,1H3,(H,14,15). The lowest BCUT2D eigenvalue weighted by Crippen LogP contribution is -2.32. The van der Waals surface area contributed by atoms with Crippen LogP contribution in [-0.4, -0.2) is 55.2 Å². The molecular formula is C13H23N3O3. The van der Waals surface area contributed by atoms with E-state index in [0.29, 0.717) is 19.8 Å². The third-order valence-electron chi connectivity index (χ3n) is 2.95. The first-order chi connectivity index (χ1) is 9.40. The zero-order valence-corrected chi connectivity index (χ0v) is 11.5. The third kappa shape index (κ3) is 4.81. The molecule has 1 unspecified atom stereocenters. The number of nitrogens with zero attached hydrogens (tertiary/aromatic N) is 2. The molecule has 0 bridgehead atoms. The minimum absolute atomic E-state index is 0.118. The van der Waals surface area contributed by atoms with Gasteiger partial charge in [-0.1, -0.05) is 0 Å². The minimum Gasteiger partial charge on any atom is -0.382 e. The van der Waals surface area contributed by atoms with Crippen LogP contribution < -0.4 is 5.32 Å². The lowest BCUT2D eigenvalue weighted by Gasteiger charge is -2.23. The summed E-state index contributed by atoms with van der Waals surface area (Å²) in [5.74, 6) is 0.880. The monoisotopic (exact) mass is 269 g/mol. The van der Waals surface area contributed by atoms with Gasteiger partial charge >= 0.3 is 0 Å². The van der Waals surface area contributed by atoms with E-state index in [9.17, 15) is 0 Å². The van der Waals surface area contributed by atoms with Gasteiger partial charge in [-0.15, -0.1) is 0 Å². The normalized spacial score (nSPS) is 19.5. The van der Waals surface area contributed by atoms with E-state index in [2.05, 4.69) is 14.9 Å². The highest BCUT2D eigenvalue weighted by Crippen LogP contribution is 2.09. The highest BCUT2D eigenvalue weighted by atomic mass is 16.6. The van der Waals surface area contributed by atoms with E-state index in [-0.39, 0.29) is 6.10 Å². The number of hydrogen-bond donors (Lipinski definition) is 1. The first kappa shape index (κ1) is 14.3. The Bertz CT molecular complexity index is 351. The molecule has 1 aromatic rings. The van der Waals surface area contributed by atoms with Gasteiger partial charge < -0.3 is 24.1 Å². The number of nitrogens with one attached hydrogen (secondary N) is 1. The lowest BCUT2D eigenvalue weighted by molar-refractivity contribution is -0.0934. The van der Waals surface area contributed by atoms with Crippen LogP contribution in [0.4, 0.5) is 5.95 Å². The van der Waals surface area contributed by atoms with Crippen LogP contribution in [0.15, 0.2) is 12.4 Å². The number of hydrogen-bond acceptors (Lipinski definition) is 5. The second-order valence-corrected chi connectivity index (χ2v) is 4.45. The average molecular weight is 269 g/mol. The van der Waals surface area contributed by atoms with Gasteiger partial charge in [0.25, 0.3) is 0 Å². The minimum atomic E-state index is 0.118. The molecule has 0 spiro atoms. The second kappa shape index (κ2) is 8.14. The summed E-state index contributed by atoms with van der Waals surface area (Å²) < 4.78 is 18.4. The van der Waals surface area contributed by atoms with E-state index in [1.54, 1.807) is 6.20 Å². The SMILES string of the molecule is CCOCCCNc1nccn1CC1COCCO1. The molecular weight excluding hydrogens is 246 g/mol. The van der Waals surface area contributed by atoms with Gasteiger partial charge in [0.1, 0.15) is 0 Å². The summed E-state index contributed by atoms with van der Waals surface area (Å²) in [5.41, 5.74) is 0. The van der Waals surface area contributed by atoms with Crippen molar-refractivity contribution in [1.82, 2.24) is 9.55 Å². The van der Waals surface area contributed by atoms with Crippen molar-refractivity contribution in [3.63, 3.8) is 0 Å². The molecule has 6 nitrogen and oxygen atoms in total. The molecule has 6 heteroatoms. The Balaban J connectivity index is 1.73. The summed E-state index contributed by atoms with van der Waals surface area (Å²) >= 11 is 0. The predicted molar refractivity (Wildman–Crippen MR) is 72.4 cm³/mol. The Labute approximate surface area is 114 Å². The first-order valence-electron chi connectivity index (χ1n) is 6.92. The zero-order valence-electron chi connectivity index (χ0n) is 11.5. The number of anilines is 1. The fraction of sp³-hybridized carbons (Fsp3) is 0.769. The molecule has 108 valence electrons. The molecule has 0 amide bonds. The fourth-order valence-corrected chi connectivity index (χ4v) is 2.00. The summed E-state index contributed by atoms with van der Waals surface area (Å²) in [4.78, 5) is 4.31. The highest BCUT2D eigenvalue weighted by molar-refractivity contribution is 5.25. The molecule has 0 radical (unpaired) electrons. The van der Waals surface area contributed by atoms with Gasteiger partial charge in [-0.2, -0.15) is 0 Å². The van der Waals surface area contributed by atoms with Gasteiger partial charge in [0.05, 0.1) is 32.5 Å². The van der Waals surface area contributed by atoms with Crippen molar-refractivity contribution < 1.29 is 14.2 Å². The molecule has 1 aliphatic rings. The van der Waals surface area contributed by atoms with Crippen molar-refractivity contribution in [2.24, 2.45) is 0 Å². The number of ether oxygens (including phenoxy) is 3. The van der Waals surface area contributed by atoms with E-state index in [4.69, 9.17) is 14.2 Å². The van der Waals surface area contributed by atoms with Crippen LogP contribution in [0.2, 0.25) is 0 Å². The van der Waals surface area contributed by atoms with Crippen LogP contribution in [0.5, 0.6) is 0 Å². The van der Waals surface area contributed by atoms with Gasteiger partial charge in [-0.3, -0.25) is 0 Å². The molecule has 19 heavy (non-hydrogen) atoms. The summed E-state index contributed by atoms with van der Waals surface area (Å²) in [6.07, 6.45) is 4.85. The zero-order chi connectivity index (χ0) is 13.3. The number of aromatic nitrogens is 2. The van der Waals surface area contributed by atoms with Gasteiger partial charge in [0.15, 0.2) is 0 Å². The Hall–Kier alpha value is -1.11. The van der Waals surface area contributed by atoms with Crippen molar-refractivity contribution in [2.45, 2.75) is 26.0 Å².